The SMILES string of the molecule is [B]Cc1c(-c2cc(F)c(F)c(F)c2)c(OC)c(OC)c(OC)c1-c1c(C[B])c(-c2cc(F)c(F)c(F)c2)c(OC)c(OC)c1OC. The third-order valence-corrected chi connectivity index (χ3v) is 7.37. The normalized spacial score (nSPS) is 11.0. The molecule has 0 saturated carbocycles. The van der Waals surface area contributed by atoms with Gasteiger partial charge in [0, 0.05) is 22.3 Å². The maximum atomic E-state index is 14.6. The molecular formula is C32H26B2F6O6. The van der Waals surface area contributed by atoms with Crippen molar-refractivity contribution in [3.8, 4) is 67.9 Å². The molecule has 4 radical (unpaired) electrons. The lowest BCUT2D eigenvalue weighted by molar-refractivity contribution is 0.322. The summed E-state index contributed by atoms with van der Waals surface area (Å²) in [6.07, 6.45) is -0.725. The van der Waals surface area contributed by atoms with Crippen LogP contribution in [0.5, 0.6) is 34.5 Å². The van der Waals surface area contributed by atoms with Crippen LogP contribution in [0.4, 0.5) is 26.3 Å². The molecule has 46 heavy (non-hydrogen) atoms. The molecule has 0 aliphatic rings. The second-order valence-electron chi connectivity index (χ2n) is 9.57. The van der Waals surface area contributed by atoms with Gasteiger partial charge < -0.3 is 28.4 Å². The first-order valence-corrected chi connectivity index (χ1v) is 13.4. The van der Waals surface area contributed by atoms with Gasteiger partial charge in [-0.05, 0) is 46.5 Å². The molecule has 4 aromatic carbocycles. The molecule has 4 rings (SSSR count). The molecule has 0 saturated heterocycles. The van der Waals surface area contributed by atoms with Gasteiger partial charge in [-0.25, -0.2) is 26.3 Å². The van der Waals surface area contributed by atoms with Gasteiger partial charge in [-0.3, -0.25) is 0 Å². The van der Waals surface area contributed by atoms with E-state index in [9.17, 15) is 26.3 Å². The van der Waals surface area contributed by atoms with Crippen LogP contribution in [0.15, 0.2) is 24.3 Å². The number of benzene rings is 4. The van der Waals surface area contributed by atoms with Crippen molar-refractivity contribution in [3.63, 3.8) is 0 Å². The maximum Gasteiger partial charge on any atom is 0.204 e. The summed E-state index contributed by atoms with van der Waals surface area (Å²) in [4.78, 5) is 0. The standard InChI is InChI=1S/C32H26B2F6O6/c1-41-27-21(13-7-17(35)25(39)18(36)8-13)15(11-33)23(29(43-3)31(27)45-5)24-16(12-34)22(14-9-19(37)26(40)20(38)10-14)28(42-2)32(46-6)30(24)44-4/h7-10H,11-12H2,1-6H3. The summed E-state index contributed by atoms with van der Waals surface area (Å²) >= 11 is 0. The van der Waals surface area contributed by atoms with Crippen LogP contribution in [0, 0.1) is 34.9 Å². The topological polar surface area (TPSA) is 55.4 Å². The zero-order chi connectivity index (χ0) is 34.0. The van der Waals surface area contributed by atoms with E-state index in [2.05, 4.69) is 0 Å². The molecule has 0 aromatic heterocycles. The highest BCUT2D eigenvalue weighted by molar-refractivity contribution is 6.13. The van der Waals surface area contributed by atoms with Gasteiger partial charge in [0.1, 0.15) is 0 Å². The fourth-order valence-corrected chi connectivity index (χ4v) is 5.56. The second kappa shape index (κ2) is 13.8. The molecular weight excluding hydrogens is 616 g/mol. The largest absolute Gasteiger partial charge is 0.492 e. The van der Waals surface area contributed by atoms with Crippen LogP contribution in [0.2, 0.25) is 0 Å². The van der Waals surface area contributed by atoms with Crippen molar-refractivity contribution in [2.45, 2.75) is 12.6 Å². The minimum absolute atomic E-state index is 0.0179. The summed E-state index contributed by atoms with van der Waals surface area (Å²) in [6.45, 7) is 0. The summed E-state index contributed by atoms with van der Waals surface area (Å²) in [7, 11) is 20.2. The Balaban J connectivity index is 2.38. The molecule has 4 aromatic rings. The summed E-state index contributed by atoms with van der Waals surface area (Å²) in [6, 6.07) is 2.99. The summed E-state index contributed by atoms with van der Waals surface area (Å²) in [5, 5.41) is 0. The average molecular weight is 642 g/mol. The smallest absolute Gasteiger partial charge is 0.204 e. The van der Waals surface area contributed by atoms with Gasteiger partial charge in [0.25, 0.3) is 0 Å². The Bertz CT molecular complexity index is 1640. The Labute approximate surface area is 264 Å². The van der Waals surface area contributed by atoms with Crippen LogP contribution in [-0.2, 0) is 12.6 Å². The lowest BCUT2D eigenvalue weighted by atomic mass is 9.77. The fraction of sp³-hybridized carbons (Fsp3) is 0.250. The van der Waals surface area contributed by atoms with Crippen molar-refractivity contribution in [1.29, 1.82) is 0 Å². The highest BCUT2D eigenvalue weighted by Crippen LogP contribution is 2.60. The molecule has 0 bridgehead atoms. The van der Waals surface area contributed by atoms with Gasteiger partial charge in [-0.2, -0.15) is 0 Å². The van der Waals surface area contributed by atoms with E-state index in [1.54, 1.807) is 0 Å². The quantitative estimate of drug-likeness (QED) is 0.101. The monoisotopic (exact) mass is 642 g/mol. The number of hydrogen-bond donors (Lipinski definition) is 0. The van der Waals surface area contributed by atoms with Crippen LogP contribution in [0.1, 0.15) is 11.1 Å². The van der Waals surface area contributed by atoms with E-state index in [0.717, 1.165) is 24.3 Å². The lowest BCUT2D eigenvalue weighted by Crippen LogP contribution is -2.10. The van der Waals surface area contributed by atoms with Crippen molar-refractivity contribution in [1.82, 2.24) is 0 Å². The molecule has 0 amide bonds. The molecule has 6 nitrogen and oxygen atoms in total. The Morgan fingerprint density at radius 2 is 0.652 bits per heavy atom. The fourth-order valence-electron chi connectivity index (χ4n) is 5.56. The first-order chi connectivity index (χ1) is 22.0. The number of methoxy groups -OCH3 is 6. The van der Waals surface area contributed by atoms with Crippen LogP contribution in [0.3, 0.4) is 0 Å². The molecule has 238 valence electrons. The van der Waals surface area contributed by atoms with Gasteiger partial charge in [-0.1, -0.05) is 12.6 Å². The molecule has 14 heteroatoms. The predicted molar refractivity (Wildman–Crippen MR) is 161 cm³/mol. The predicted octanol–water partition coefficient (Wildman–Crippen LogP) is 6.91. The van der Waals surface area contributed by atoms with Crippen LogP contribution < -0.4 is 28.4 Å². The molecule has 0 heterocycles. The van der Waals surface area contributed by atoms with E-state index in [4.69, 9.17) is 44.1 Å². The maximum absolute atomic E-state index is 14.6. The van der Waals surface area contributed by atoms with Crippen LogP contribution in [-0.4, -0.2) is 58.4 Å². The highest BCUT2D eigenvalue weighted by atomic mass is 19.2. The molecule has 0 aliphatic carbocycles. The van der Waals surface area contributed by atoms with Crippen LogP contribution >= 0.6 is 0 Å². The molecule has 0 spiro atoms. The molecule has 0 atom stereocenters. The van der Waals surface area contributed by atoms with Crippen molar-refractivity contribution in [3.05, 3.63) is 70.3 Å². The zero-order valence-corrected chi connectivity index (χ0v) is 25.6. The van der Waals surface area contributed by atoms with Gasteiger partial charge in [-0.15, -0.1) is 0 Å². The van der Waals surface area contributed by atoms with E-state index in [1.807, 2.05) is 0 Å². The minimum atomic E-state index is -1.70. The number of hydrogen-bond acceptors (Lipinski definition) is 6. The Morgan fingerprint density at radius 1 is 0.413 bits per heavy atom. The Morgan fingerprint density at radius 3 is 0.870 bits per heavy atom. The van der Waals surface area contributed by atoms with Crippen LogP contribution in [0.25, 0.3) is 33.4 Å². The van der Waals surface area contributed by atoms with E-state index in [0.29, 0.717) is 0 Å². The molecule has 0 unspecified atom stereocenters. The number of halogens is 6. The minimum Gasteiger partial charge on any atom is -0.492 e. The summed E-state index contributed by atoms with van der Waals surface area (Å²) in [5.74, 6) is -9.78. The van der Waals surface area contributed by atoms with Gasteiger partial charge >= 0.3 is 0 Å². The number of rotatable bonds is 11. The van der Waals surface area contributed by atoms with Crippen molar-refractivity contribution < 1.29 is 54.8 Å². The van der Waals surface area contributed by atoms with E-state index in [1.165, 1.54) is 42.7 Å². The molecule has 0 fully saturated rings. The third kappa shape index (κ3) is 5.43. The van der Waals surface area contributed by atoms with E-state index in [-0.39, 0.29) is 91.6 Å². The molecule has 0 N–H and O–H groups in total. The van der Waals surface area contributed by atoms with Gasteiger partial charge in [0.15, 0.2) is 57.9 Å². The van der Waals surface area contributed by atoms with Crippen molar-refractivity contribution >= 4 is 15.7 Å². The van der Waals surface area contributed by atoms with E-state index < -0.39 is 34.9 Å². The lowest BCUT2D eigenvalue weighted by Gasteiger charge is -2.29. The van der Waals surface area contributed by atoms with Crippen molar-refractivity contribution in [2.24, 2.45) is 0 Å². The number of ether oxygens (including phenoxy) is 6. The average Bonchev–Trinajstić information content (AvgIpc) is 3.05. The van der Waals surface area contributed by atoms with Gasteiger partial charge in [0.05, 0.1) is 58.4 Å². The zero-order valence-electron chi connectivity index (χ0n) is 25.6. The highest BCUT2D eigenvalue weighted by Gasteiger charge is 2.35. The Hall–Kier alpha value is -4.61. The first-order valence-electron chi connectivity index (χ1n) is 13.4. The molecule has 0 aliphatic heterocycles. The third-order valence-electron chi connectivity index (χ3n) is 7.37. The van der Waals surface area contributed by atoms with Crippen molar-refractivity contribution in [2.75, 3.05) is 42.7 Å². The Kier molecular flexibility index (Phi) is 10.3. The van der Waals surface area contributed by atoms with Gasteiger partial charge in [0.2, 0.25) is 11.5 Å². The summed E-state index contributed by atoms with van der Waals surface area (Å²) < 4.78 is 121. The van der Waals surface area contributed by atoms with E-state index >= 15 is 0 Å². The first kappa shape index (κ1) is 34.3. The second-order valence-corrected chi connectivity index (χ2v) is 9.57. The summed E-state index contributed by atoms with van der Waals surface area (Å²) in [5.41, 5.74) is -0.0350.